The van der Waals surface area contributed by atoms with Gasteiger partial charge in [0.1, 0.15) is 17.2 Å². The second-order valence-electron chi connectivity index (χ2n) is 5.53. The minimum absolute atomic E-state index is 0.197. The van der Waals surface area contributed by atoms with Crippen LogP contribution in [0.5, 0.6) is 0 Å². The number of aryl methyl sites for hydroxylation is 3. The van der Waals surface area contributed by atoms with Crippen LogP contribution in [0.3, 0.4) is 0 Å². The van der Waals surface area contributed by atoms with Gasteiger partial charge in [0.2, 0.25) is 0 Å². The van der Waals surface area contributed by atoms with Gasteiger partial charge in [-0.05, 0) is 48.0 Å². The summed E-state index contributed by atoms with van der Waals surface area (Å²) in [4.78, 5) is 16.5. The van der Waals surface area contributed by atoms with E-state index in [-0.39, 0.29) is 12.0 Å². The highest BCUT2D eigenvalue weighted by Crippen LogP contribution is 2.15. The first kappa shape index (κ1) is 16.6. The molecule has 0 bridgehead atoms. The third-order valence-electron chi connectivity index (χ3n) is 3.12. The molecule has 1 aromatic rings. The Bertz CT molecular complexity index is 456. The number of hydrogen-bond donors (Lipinski definition) is 1. The van der Waals surface area contributed by atoms with Crippen LogP contribution >= 0.6 is 0 Å². The van der Waals surface area contributed by atoms with Gasteiger partial charge in [0.25, 0.3) is 0 Å². The lowest BCUT2D eigenvalue weighted by Gasteiger charge is -2.30. The van der Waals surface area contributed by atoms with E-state index in [2.05, 4.69) is 15.4 Å². The third kappa shape index (κ3) is 4.30. The van der Waals surface area contributed by atoms with Crippen LogP contribution in [0, 0.1) is 13.8 Å². The molecule has 0 spiro atoms. The summed E-state index contributed by atoms with van der Waals surface area (Å²) in [6, 6.07) is 0.197. The Kier molecular flexibility index (Phi) is 5.68. The molecule has 0 aliphatic rings. The molecule has 0 fully saturated rings. The quantitative estimate of drug-likeness (QED) is 0.769. The Morgan fingerprint density at radius 3 is 2.55 bits per heavy atom. The van der Waals surface area contributed by atoms with Gasteiger partial charge in [-0.1, -0.05) is 0 Å². The van der Waals surface area contributed by atoms with Crippen molar-refractivity contribution in [3.63, 3.8) is 0 Å². The van der Waals surface area contributed by atoms with Crippen LogP contribution < -0.4 is 5.32 Å². The molecular weight excluding hydrogens is 256 g/mol. The number of carbonyl (C=O) groups excluding carboxylic acids is 1. The zero-order chi connectivity index (χ0) is 15.3. The van der Waals surface area contributed by atoms with Gasteiger partial charge >= 0.3 is 5.97 Å². The van der Waals surface area contributed by atoms with E-state index in [1.807, 2.05) is 46.2 Å². The smallest absolute Gasteiger partial charge is 0.326 e. The lowest BCUT2D eigenvalue weighted by molar-refractivity contribution is -0.151. The van der Waals surface area contributed by atoms with Crippen molar-refractivity contribution >= 4 is 5.97 Å². The van der Waals surface area contributed by atoms with Crippen LogP contribution in [0.25, 0.3) is 0 Å². The Morgan fingerprint density at radius 2 is 2.10 bits per heavy atom. The minimum Gasteiger partial charge on any atom is -0.465 e. The fraction of sp³-hybridized carbons (Fsp3) is 0.786. The molecule has 0 saturated heterocycles. The molecule has 114 valence electrons. The molecule has 0 amide bonds. The number of nitrogens with one attached hydrogen (secondary N) is 1. The molecule has 1 N–H and O–H groups in total. The normalized spacial score (nSPS) is 14.3. The summed E-state index contributed by atoms with van der Waals surface area (Å²) >= 11 is 0. The maximum absolute atomic E-state index is 12.2. The molecule has 6 heteroatoms. The van der Waals surface area contributed by atoms with Crippen LogP contribution in [-0.2, 0) is 16.1 Å². The highest BCUT2D eigenvalue weighted by Gasteiger charge is 2.35. The highest BCUT2D eigenvalue weighted by molar-refractivity contribution is 5.80. The predicted octanol–water partition coefficient (Wildman–Crippen LogP) is 1.60. The van der Waals surface area contributed by atoms with Crippen molar-refractivity contribution in [1.29, 1.82) is 0 Å². The zero-order valence-corrected chi connectivity index (χ0v) is 13.4. The number of esters is 1. The number of aromatic nitrogens is 3. The molecule has 20 heavy (non-hydrogen) atoms. The van der Waals surface area contributed by atoms with E-state index in [0.717, 1.165) is 11.6 Å². The number of rotatable bonds is 7. The van der Waals surface area contributed by atoms with Crippen molar-refractivity contribution in [2.24, 2.45) is 0 Å². The van der Waals surface area contributed by atoms with Crippen LogP contribution in [-0.4, -0.2) is 38.9 Å². The van der Waals surface area contributed by atoms with Crippen molar-refractivity contribution < 1.29 is 9.53 Å². The average Bonchev–Trinajstić information content (AvgIpc) is 2.65. The first-order valence-electron chi connectivity index (χ1n) is 7.11. The van der Waals surface area contributed by atoms with Crippen LogP contribution in [0.2, 0.25) is 0 Å². The molecule has 0 aliphatic heterocycles. The van der Waals surface area contributed by atoms with Gasteiger partial charge in [0, 0.05) is 12.6 Å². The topological polar surface area (TPSA) is 69.0 Å². The molecule has 1 unspecified atom stereocenters. The van der Waals surface area contributed by atoms with Crippen LogP contribution in [0.4, 0.5) is 0 Å². The Hall–Kier alpha value is -1.43. The van der Waals surface area contributed by atoms with Crippen molar-refractivity contribution in [2.75, 3.05) is 6.61 Å². The van der Waals surface area contributed by atoms with Gasteiger partial charge in [-0.2, -0.15) is 5.10 Å². The minimum atomic E-state index is -0.712. The Morgan fingerprint density at radius 1 is 1.45 bits per heavy atom. The molecule has 1 atom stereocenters. The van der Waals surface area contributed by atoms with E-state index >= 15 is 0 Å². The molecule has 1 heterocycles. The van der Waals surface area contributed by atoms with Crippen LogP contribution in [0.1, 0.15) is 45.8 Å². The molecule has 1 aromatic heterocycles. The lowest BCUT2D eigenvalue weighted by Crippen LogP contribution is -2.53. The van der Waals surface area contributed by atoms with E-state index in [1.54, 1.807) is 0 Å². The predicted molar refractivity (Wildman–Crippen MR) is 77.4 cm³/mol. The van der Waals surface area contributed by atoms with Crippen molar-refractivity contribution in [3.05, 3.63) is 11.6 Å². The summed E-state index contributed by atoms with van der Waals surface area (Å²) < 4.78 is 7.01. The van der Waals surface area contributed by atoms with E-state index in [9.17, 15) is 4.79 Å². The van der Waals surface area contributed by atoms with Gasteiger partial charge < -0.3 is 4.74 Å². The van der Waals surface area contributed by atoms with Gasteiger partial charge in [0.15, 0.2) is 0 Å². The Labute approximate surface area is 120 Å². The van der Waals surface area contributed by atoms with Gasteiger partial charge in [-0.15, -0.1) is 0 Å². The van der Waals surface area contributed by atoms with Crippen LogP contribution in [0.15, 0.2) is 0 Å². The molecule has 1 rings (SSSR count). The SMILES string of the molecule is CCOC(=O)C(C)(CCn1nc(C)nc1C)NC(C)C. The molecular formula is C14H26N4O2. The highest BCUT2D eigenvalue weighted by atomic mass is 16.5. The third-order valence-corrected chi connectivity index (χ3v) is 3.12. The molecule has 0 aromatic carbocycles. The van der Waals surface area contributed by atoms with E-state index in [4.69, 9.17) is 4.74 Å². The molecule has 0 saturated carbocycles. The second kappa shape index (κ2) is 6.83. The molecule has 0 aliphatic carbocycles. The van der Waals surface area contributed by atoms with Crippen molar-refractivity contribution in [2.45, 2.75) is 66.1 Å². The maximum atomic E-state index is 12.2. The summed E-state index contributed by atoms with van der Waals surface area (Å²) in [5.41, 5.74) is -0.712. The van der Waals surface area contributed by atoms with E-state index < -0.39 is 5.54 Å². The monoisotopic (exact) mass is 282 g/mol. The summed E-state index contributed by atoms with van der Waals surface area (Å²) in [6.45, 7) is 12.5. The van der Waals surface area contributed by atoms with Crippen molar-refractivity contribution in [3.8, 4) is 0 Å². The van der Waals surface area contributed by atoms with E-state index in [0.29, 0.717) is 19.6 Å². The summed E-state index contributed by atoms with van der Waals surface area (Å²) in [7, 11) is 0. The average molecular weight is 282 g/mol. The van der Waals surface area contributed by atoms with Gasteiger partial charge in [-0.25, -0.2) is 4.98 Å². The second-order valence-corrected chi connectivity index (χ2v) is 5.53. The zero-order valence-electron chi connectivity index (χ0n) is 13.4. The summed E-state index contributed by atoms with van der Waals surface area (Å²) in [5.74, 6) is 1.39. The van der Waals surface area contributed by atoms with Gasteiger partial charge in [-0.3, -0.25) is 14.8 Å². The number of ether oxygens (including phenoxy) is 1. The summed E-state index contributed by atoms with van der Waals surface area (Å²) in [6.07, 6.45) is 0.605. The van der Waals surface area contributed by atoms with E-state index in [1.165, 1.54) is 0 Å². The number of carbonyl (C=O) groups is 1. The standard InChI is InChI=1S/C14H26N4O2/c1-7-20-13(19)14(6,16-10(2)3)8-9-18-12(5)15-11(4)17-18/h10,16H,7-9H2,1-6H3. The Balaban J connectivity index is 2.79. The van der Waals surface area contributed by atoms with Crippen molar-refractivity contribution in [1.82, 2.24) is 20.1 Å². The fourth-order valence-corrected chi connectivity index (χ4v) is 2.26. The first-order chi connectivity index (χ1) is 9.28. The first-order valence-corrected chi connectivity index (χ1v) is 7.11. The summed E-state index contributed by atoms with van der Waals surface area (Å²) in [5, 5.41) is 7.62. The molecule has 6 nitrogen and oxygen atoms in total. The number of nitrogens with zero attached hydrogens (tertiary/aromatic N) is 3. The van der Waals surface area contributed by atoms with Gasteiger partial charge in [0.05, 0.1) is 6.61 Å². The molecule has 0 radical (unpaired) electrons. The fourth-order valence-electron chi connectivity index (χ4n) is 2.26. The number of hydrogen-bond acceptors (Lipinski definition) is 5. The maximum Gasteiger partial charge on any atom is 0.326 e. The largest absolute Gasteiger partial charge is 0.465 e. The lowest BCUT2D eigenvalue weighted by atomic mass is 9.96.